The van der Waals surface area contributed by atoms with Crippen LogP contribution in [0.1, 0.15) is 6.92 Å². The van der Waals surface area contributed by atoms with Gasteiger partial charge in [-0.3, -0.25) is 0 Å². The number of hydrogen-bond donors (Lipinski definition) is 1. The van der Waals surface area contributed by atoms with E-state index in [2.05, 4.69) is 20.9 Å². The lowest BCUT2D eigenvalue weighted by molar-refractivity contribution is 0.339. The highest BCUT2D eigenvalue weighted by Gasteiger charge is 2.04. The molecule has 0 saturated carbocycles. The summed E-state index contributed by atoms with van der Waals surface area (Å²) in [6, 6.07) is 1.79. The molecular weight excluding hydrogens is 208 g/mol. The summed E-state index contributed by atoms with van der Waals surface area (Å²) in [5.41, 5.74) is 5.54. The molecule has 3 nitrogen and oxygen atoms in total. The lowest BCUT2D eigenvalue weighted by Gasteiger charge is -2.06. The first kappa shape index (κ1) is 8.33. The van der Waals surface area contributed by atoms with Gasteiger partial charge in [0.2, 0.25) is 0 Å². The van der Waals surface area contributed by atoms with Crippen molar-refractivity contribution in [2.24, 2.45) is 0 Å². The SMILES string of the molecule is CCOc1c(Br)ccnc1N. The molecule has 1 aromatic heterocycles. The molecule has 4 heteroatoms. The Bertz CT molecular complexity index is 232. The lowest BCUT2D eigenvalue weighted by Crippen LogP contribution is -1.99. The predicted molar refractivity (Wildman–Crippen MR) is 47.5 cm³/mol. The molecule has 1 rings (SSSR count). The molecule has 0 aromatic carbocycles. The van der Waals surface area contributed by atoms with Crippen molar-refractivity contribution >= 4 is 21.7 Å². The summed E-state index contributed by atoms with van der Waals surface area (Å²) >= 11 is 3.30. The number of nitrogens with zero attached hydrogens (tertiary/aromatic N) is 1. The second kappa shape index (κ2) is 3.57. The zero-order chi connectivity index (χ0) is 8.27. The van der Waals surface area contributed by atoms with Crippen LogP contribution in [0.2, 0.25) is 0 Å². The molecule has 0 fully saturated rings. The van der Waals surface area contributed by atoms with Crippen LogP contribution in [-0.4, -0.2) is 11.6 Å². The van der Waals surface area contributed by atoms with E-state index in [9.17, 15) is 0 Å². The fourth-order valence-electron chi connectivity index (χ4n) is 0.727. The van der Waals surface area contributed by atoms with Crippen LogP contribution >= 0.6 is 15.9 Å². The second-order valence-corrected chi connectivity index (χ2v) is 2.79. The molecule has 0 atom stereocenters. The molecule has 0 bridgehead atoms. The van der Waals surface area contributed by atoms with Gasteiger partial charge in [0, 0.05) is 6.20 Å². The normalized spacial score (nSPS) is 9.64. The Hall–Kier alpha value is -0.770. The summed E-state index contributed by atoms with van der Waals surface area (Å²) in [7, 11) is 0. The zero-order valence-corrected chi connectivity index (χ0v) is 7.76. The van der Waals surface area contributed by atoms with Crippen LogP contribution in [0.15, 0.2) is 16.7 Å². The molecular formula is C7H9BrN2O. The number of ether oxygens (including phenoxy) is 1. The Kier molecular flexibility index (Phi) is 2.70. The number of pyridine rings is 1. The smallest absolute Gasteiger partial charge is 0.175 e. The average Bonchev–Trinajstić information content (AvgIpc) is 1.97. The van der Waals surface area contributed by atoms with Gasteiger partial charge in [0.15, 0.2) is 11.6 Å². The molecule has 2 N–H and O–H groups in total. The minimum absolute atomic E-state index is 0.418. The highest BCUT2D eigenvalue weighted by Crippen LogP contribution is 2.28. The number of nitrogens with two attached hydrogens (primary N) is 1. The van der Waals surface area contributed by atoms with Crippen LogP contribution in [0.4, 0.5) is 5.82 Å². The van der Waals surface area contributed by atoms with Crippen molar-refractivity contribution in [3.63, 3.8) is 0 Å². The van der Waals surface area contributed by atoms with E-state index in [0.717, 1.165) is 4.47 Å². The minimum Gasteiger partial charge on any atom is -0.489 e. The molecule has 0 amide bonds. The van der Waals surface area contributed by atoms with Crippen LogP contribution < -0.4 is 10.5 Å². The summed E-state index contributed by atoms with van der Waals surface area (Å²) in [6.07, 6.45) is 1.63. The first-order valence-electron chi connectivity index (χ1n) is 3.28. The Balaban J connectivity index is 3.00. The number of halogens is 1. The van der Waals surface area contributed by atoms with E-state index in [0.29, 0.717) is 18.2 Å². The van der Waals surface area contributed by atoms with Crippen LogP contribution in [-0.2, 0) is 0 Å². The molecule has 0 aliphatic heterocycles. The molecule has 0 saturated heterocycles. The topological polar surface area (TPSA) is 48.1 Å². The molecule has 1 aromatic rings. The Morgan fingerprint density at radius 1 is 1.73 bits per heavy atom. The van der Waals surface area contributed by atoms with Crippen molar-refractivity contribution in [1.29, 1.82) is 0 Å². The van der Waals surface area contributed by atoms with Crippen molar-refractivity contribution in [2.75, 3.05) is 12.3 Å². The fourth-order valence-corrected chi connectivity index (χ4v) is 1.16. The highest BCUT2D eigenvalue weighted by atomic mass is 79.9. The fraction of sp³-hybridized carbons (Fsp3) is 0.286. The van der Waals surface area contributed by atoms with E-state index < -0.39 is 0 Å². The quantitative estimate of drug-likeness (QED) is 0.821. The molecule has 0 radical (unpaired) electrons. The number of rotatable bonds is 2. The molecule has 0 spiro atoms. The van der Waals surface area contributed by atoms with Crippen molar-refractivity contribution in [1.82, 2.24) is 4.98 Å². The molecule has 0 aliphatic rings. The third-order valence-corrected chi connectivity index (χ3v) is 1.80. The third kappa shape index (κ3) is 1.83. The van der Waals surface area contributed by atoms with Gasteiger partial charge in [0.25, 0.3) is 0 Å². The summed E-state index contributed by atoms with van der Waals surface area (Å²) in [6.45, 7) is 2.49. The first-order valence-corrected chi connectivity index (χ1v) is 4.07. The molecule has 1 heterocycles. The molecule has 11 heavy (non-hydrogen) atoms. The third-order valence-electron chi connectivity index (χ3n) is 1.17. The van der Waals surface area contributed by atoms with Gasteiger partial charge in [-0.25, -0.2) is 4.98 Å². The van der Waals surface area contributed by atoms with Crippen molar-refractivity contribution in [2.45, 2.75) is 6.92 Å². The Labute approximate surface area is 73.7 Å². The molecule has 0 unspecified atom stereocenters. The average molecular weight is 217 g/mol. The Morgan fingerprint density at radius 2 is 2.45 bits per heavy atom. The van der Waals surface area contributed by atoms with Gasteiger partial charge in [0.05, 0.1) is 11.1 Å². The van der Waals surface area contributed by atoms with Gasteiger partial charge in [-0.2, -0.15) is 0 Å². The summed E-state index contributed by atoms with van der Waals surface area (Å²) in [4.78, 5) is 3.88. The maximum atomic E-state index is 5.54. The van der Waals surface area contributed by atoms with Gasteiger partial charge in [-0.1, -0.05) is 0 Å². The van der Waals surface area contributed by atoms with Gasteiger partial charge >= 0.3 is 0 Å². The van der Waals surface area contributed by atoms with Crippen LogP contribution in [0.25, 0.3) is 0 Å². The van der Waals surface area contributed by atoms with Gasteiger partial charge in [-0.05, 0) is 28.9 Å². The molecule has 60 valence electrons. The van der Waals surface area contributed by atoms with Crippen LogP contribution in [0.5, 0.6) is 5.75 Å². The number of hydrogen-bond acceptors (Lipinski definition) is 3. The van der Waals surface area contributed by atoms with Crippen molar-refractivity contribution in [3.05, 3.63) is 16.7 Å². The number of anilines is 1. The second-order valence-electron chi connectivity index (χ2n) is 1.94. The van der Waals surface area contributed by atoms with Crippen molar-refractivity contribution < 1.29 is 4.74 Å². The Morgan fingerprint density at radius 3 is 3.00 bits per heavy atom. The number of nitrogen functional groups attached to an aromatic ring is 1. The summed E-state index contributed by atoms with van der Waals surface area (Å²) in [5, 5.41) is 0. The van der Waals surface area contributed by atoms with E-state index in [-0.39, 0.29) is 0 Å². The van der Waals surface area contributed by atoms with Crippen molar-refractivity contribution in [3.8, 4) is 5.75 Å². The number of aromatic nitrogens is 1. The predicted octanol–water partition coefficient (Wildman–Crippen LogP) is 1.82. The largest absolute Gasteiger partial charge is 0.489 e. The molecule has 0 aliphatic carbocycles. The zero-order valence-electron chi connectivity index (χ0n) is 6.17. The van der Waals surface area contributed by atoms with E-state index in [1.165, 1.54) is 0 Å². The lowest BCUT2D eigenvalue weighted by atomic mass is 10.4. The van der Waals surface area contributed by atoms with E-state index >= 15 is 0 Å². The maximum absolute atomic E-state index is 5.54. The van der Waals surface area contributed by atoms with E-state index in [4.69, 9.17) is 10.5 Å². The summed E-state index contributed by atoms with van der Waals surface area (Å²) < 4.78 is 6.07. The maximum Gasteiger partial charge on any atom is 0.175 e. The van der Waals surface area contributed by atoms with E-state index in [1.807, 2.05) is 6.92 Å². The van der Waals surface area contributed by atoms with Gasteiger partial charge in [-0.15, -0.1) is 0 Å². The monoisotopic (exact) mass is 216 g/mol. The van der Waals surface area contributed by atoms with Gasteiger partial charge < -0.3 is 10.5 Å². The standard InChI is InChI=1S/C7H9BrN2O/c1-2-11-6-5(8)3-4-10-7(6)9/h3-4H,2H2,1H3,(H2,9,10). The van der Waals surface area contributed by atoms with Crippen LogP contribution in [0, 0.1) is 0 Å². The van der Waals surface area contributed by atoms with Crippen LogP contribution in [0.3, 0.4) is 0 Å². The van der Waals surface area contributed by atoms with E-state index in [1.54, 1.807) is 12.3 Å². The summed E-state index contributed by atoms with van der Waals surface area (Å²) in [5.74, 6) is 1.04. The minimum atomic E-state index is 0.418. The first-order chi connectivity index (χ1) is 5.25. The van der Waals surface area contributed by atoms with Gasteiger partial charge in [0.1, 0.15) is 0 Å². The highest BCUT2D eigenvalue weighted by molar-refractivity contribution is 9.10.